The normalized spacial score (nSPS) is 10.9. The van der Waals surface area contributed by atoms with Crippen LogP contribution < -0.4 is 4.74 Å². The summed E-state index contributed by atoms with van der Waals surface area (Å²) in [4.78, 5) is 0.830. The summed E-state index contributed by atoms with van der Waals surface area (Å²) < 4.78 is 38.4. The second-order valence-electron chi connectivity index (χ2n) is 6.54. The minimum absolute atomic E-state index is 0.0383. The summed E-state index contributed by atoms with van der Waals surface area (Å²) in [5.41, 5.74) is 2.93. The molecule has 0 amide bonds. The highest BCUT2D eigenvalue weighted by molar-refractivity contribution is 7.10. The number of hydrogen-bond acceptors (Lipinski definition) is 4. The molecular weight excluding hydrogens is 416 g/mol. The van der Waals surface area contributed by atoms with Crippen molar-refractivity contribution in [2.24, 2.45) is 0 Å². The lowest BCUT2D eigenvalue weighted by Crippen LogP contribution is -2.02. The Morgan fingerprint density at radius 2 is 1.90 bits per heavy atom. The Kier molecular flexibility index (Phi) is 6.87. The average molecular weight is 436 g/mol. The first-order valence-corrected chi connectivity index (χ1v) is 10.3. The third kappa shape index (κ3) is 4.95. The van der Waals surface area contributed by atoms with Gasteiger partial charge >= 0.3 is 0 Å². The Hall–Kier alpha value is -2.44. The van der Waals surface area contributed by atoms with E-state index in [0.29, 0.717) is 5.56 Å². The Bertz CT molecular complexity index is 1020. The molecule has 1 aromatic heterocycles. The summed E-state index contributed by atoms with van der Waals surface area (Å²) >= 11 is 7.44. The zero-order valence-corrected chi connectivity index (χ0v) is 17.4. The van der Waals surface area contributed by atoms with Gasteiger partial charge in [0.2, 0.25) is 5.82 Å². The first kappa shape index (κ1) is 21.3. The number of aliphatic hydroxyl groups excluding tert-OH is 1. The monoisotopic (exact) mass is 435 g/mol. The highest BCUT2D eigenvalue weighted by Gasteiger charge is 2.18. The predicted molar refractivity (Wildman–Crippen MR) is 113 cm³/mol. The van der Waals surface area contributed by atoms with Gasteiger partial charge in [0.15, 0.2) is 11.6 Å². The summed E-state index contributed by atoms with van der Waals surface area (Å²) in [5, 5.41) is 9.42. The van der Waals surface area contributed by atoms with Crippen LogP contribution in [-0.2, 0) is 19.4 Å². The van der Waals surface area contributed by atoms with E-state index in [4.69, 9.17) is 21.4 Å². The van der Waals surface area contributed by atoms with E-state index >= 15 is 0 Å². The molecule has 3 rings (SSSR count). The standard InChI is InChI=1S/C22H20ClF2NO2S/c1-3-14-5-8-16(9-6-14)21-17(22(23)26-29-21)12-28-18-11-10-15(7-4-13(2)27)19(24)20(18)25/h5-6,8-11,27H,2-4,7,12H2,1H3. The van der Waals surface area contributed by atoms with E-state index in [9.17, 15) is 8.78 Å². The Labute approximate surface area is 177 Å². The number of benzene rings is 2. The maximum Gasteiger partial charge on any atom is 0.200 e. The summed E-state index contributed by atoms with van der Waals surface area (Å²) in [5.74, 6) is -2.35. The molecule has 0 aliphatic carbocycles. The molecule has 7 heteroatoms. The number of nitrogens with zero attached hydrogens (tertiary/aromatic N) is 1. The van der Waals surface area contributed by atoms with Gasteiger partial charge < -0.3 is 9.84 Å². The van der Waals surface area contributed by atoms with Gasteiger partial charge in [0, 0.05) is 12.0 Å². The number of ether oxygens (including phenoxy) is 1. The van der Waals surface area contributed by atoms with Gasteiger partial charge in [-0.3, -0.25) is 0 Å². The quantitative estimate of drug-likeness (QED) is 0.392. The molecule has 3 aromatic rings. The molecule has 152 valence electrons. The molecule has 0 unspecified atom stereocenters. The molecule has 29 heavy (non-hydrogen) atoms. The van der Waals surface area contributed by atoms with Crippen LogP contribution in [0.1, 0.15) is 30.0 Å². The minimum atomic E-state index is -1.07. The number of halogens is 3. The van der Waals surface area contributed by atoms with Gasteiger partial charge in [-0.05, 0) is 47.1 Å². The van der Waals surface area contributed by atoms with Crippen LogP contribution in [-0.4, -0.2) is 9.48 Å². The van der Waals surface area contributed by atoms with Crippen molar-refractivity contribution in [2.75, 3.05) is 0 Å². The first-order valence-electron chi connectivity index (χ1n) is 9.10. The van der Waals surface area contributed by atoms with E-state index in [1.165, 1.54) is 29.2 Å². The Balaban J connectivity index is 1.79. The van der Waals surface area contributed by atoms with Gasteiger partial charge in [-0.2, -0.15) is 8.76 Å². The summed E-state index contributed by atoms with van der Waals surface area (Å²) in [7, 11) is 0. The number of hydrogen-bond donors (Lipinski definition) is 1. The molecule has 0 bridgehead atoms. The van der Waals surface area contributed by atoms with Crippen molar-refractivity contribution in [1.29, 1.82) is 0 Å². The lowest BCUT2D eigenvalue weighted by Gasteiger charge is -2.11. The van der Waals surface area contributed by atoms with Gasteiger partial charge in [-0.1, -0.05) is 55.4 Å². The summed E-state index contributed by atoms with van der Waals surface area (Å²) in [6.07, 6.45) is 1.25. The van der Waals surface area contributed by atoms with E-state index < -0.39 is 11.6 Å². The molecular formula is C22H20ClF2NO2S. The fraction of sp³-hybridized carbons (Fsp3) is 0.227. The van der Waals surface area contributed by atoms with Gasteiger partial charge in [-0.15, -0.1) is 0 Å². The maximum atomic E-state index is 14.4. The summed E-state index contributed by atoms with van der Waals surface area (Å²) in [6, 6.07) is 10.8. The van der Waals surface area contributed by atoms with Crippen LogP contribution in [0.3, 0.4) is 0 Å². The third-order valence-corrected chi connectivity index (χ3v) is 5.90. The van der Waals surface area contributed by atoms with E-state index in [1.807, 2.05) is 24.3 Å². The smallest absolute Gasteiger partial charge is 0.200 e. The van der Waals surface area contributed by atoms with Crippen LogP contribution in [0.25, 0.3) is 10.4 Å². The lowest BCUT2D eigenvalue weighted by atomic mass is 10.1. The maximum absolute atomic E-state index is 14.4. The number of rotatable bonds is 8. The van der Waals surface area contributed by atoms with Crippen molar-refractivity contribution in [3.8, 4) is 16.2 Å². The molecule has 0 saturated carbocycles. The topological polar surface area (TPSA) is 42.4 Å². The van der Waals surface area contributed by atoms with Gasteiger partial charge in [0.05, 0.1) is 10.6 Å². The molecule has 0 saturated heterocycles. The number of aliphatic hydroxyl groups is 1. The second-order valence-corrected chi connectivity index (χ2v) is 7.67. The Morgan fingerprint density at radius 3 is 2.55 bits per heavy atom. The van der Waals surface area contributed by atoms with E-state index in [0.717, 1.165) is 16.9 Å². The van der Waals surface area contributed by atoms with Crippen LogP contribution in [0.2, 0.25) is 5.15 Å². The largest absolute Gasteiger partial charge is 0.513 e. The molecule has 0 atom stereocenters. The number of allylic oxidation sites excluding steroid dienone is 1. The molecule has 1 N–H and O–H groups in total. The molecule has 1 heterocycles. The molecule has 0 radical (unpaired) electrons. The Morgan fingerprint density at radius 1 is 1.17 bits per heavy atom. The molecule has 0 aliphatic heterocycles. The van der Waals surface area contributed by atoms with Crippen molar-refractivity contribution in [3.05, 3.63) is 82.2 Å². The lowest BCUT2D eigenvalue weighted by molar-refractivity contribution is 0.284. The molecule has 0 fully saturated rings. The SMILES string of the molecule is C=C(O)CCc1ccc(OCc2c(Cl)nsc2-c2ccc(CC)cc2)c(F)c1F. The second kappa shape index (κ2) is 9.37. The van der Waals surface area contributed by atoms with E-state index in [-0.39, 0.29) is 41.7 Å². The van der Waals surface area contributed by atoms with Crippen molar-refractivity contribution in [3.63, 3.8) is 0 Å². The first-order chi connectivity index (χ1) is 13.9. The fourth-order valence-electron chi connectivity index (χ4n) is 2.84. The van der Waals surface area contributed by atoms with Crippen LogP contribution in [0.5, 0.6) is 5.75 Å². The van der Waals surface area contributed by atoms with Crippen molar-refractivity contribution < 1.29 is 18.6 Å². The van der Waals surface area contributed by atoms with Gasteiger partial charge in [-0.25, -0.2) is 4.39 Å². The zero-order valence-electron chi connectivity index (χ0n) is 15.8. The highest BCUT2D eigenvalue weighted by atomic mass is 35.5. The fourth-order valence-corrected chi connectivity index (χ4v) is 3.94. The predicted octanol–water partition coefficient (Wildman–Crippen LogP) is 6.89. The summed E-state index contributed by atoms with van der Waals surface area (Å²) in [6.45, 7) is 5.39. The molecule has 3 nitrogen and oxygen atoms in total. The highest BCUT2D eigenvalue weighted by Crippen LogP contribution is 2.34. The van der Waals surface area contributed by atoms with Crippen LogP contribution in [0, 0.1) is 11.6 Å². The van der Waals surface area contributed by atoms with Crippen LogP contribution >= 0.6 is 23.1 Å². The van der Waals surface area contributed by atoms with Crippen molar-refractivity contribution >= 4 is 23.1 Å². The minimum Gasteiger partial charge on any atom is -0.513 e. The van der Waals surface area contributed by atoms with Crippen LogP contribution in [0.4, 0.5) is 8.78 Å². The number of aryl methyl sites for hydroxylation is 2. The van der Waals surface area contributed by atoms with Crippen molar-refractivity contribution in [2.45, 2.75) is 32.8 Å². The van der Waals surface area contributed by atoms with Gasteiger partial charge in [0.25, 0.3) is 0 Å². The number of aromatic nitrogens is 1. The zero-order chi connectivity index (χ0) is 21.0. The van der Waals surface area contributed by atoms with Crippen LogP contribution in [0.15, 0.2) is 48.7 Å². The van der Waals surface area contributed by atoms with Crippen molar-refractivity contribution in [1.82, 2.24) is 4.37 Å². The van der Waals surface area contributed by atoms with Gasteiger partial charge in [0.1, 0.15) is 11.8 Å². The third-order valence-electron chi connectivity index (χ3n) is 4.55. The van der Waals surface area contributed by atoms with E-state index in [1.54, 1.807) is 0 Å². The molecule has 2 aromatic carbocycles. The average Bonchev–Trinajstić information content (AvgIpc) is 3.08. The molecule has 0 spiro atoms. The molecule has 0 aliphatic rings. The van der Waals surface area contributed by atoms with E-state index in [2.05, 4.69) is 17.9 Å².